The molecule has 3 saturated heterocycles. The highest BCUT2D eigenvalue weighted by atomic mass is 79.9. The number of amides is 1. The molecule has 0 spiro atoms. The highest BCUT2D eigenvalue weighted by molar-refractivity contribution is 9.10. The molecule has 16 heavy (non-hydrogen) atoms. The van der Waals surface area contributed by atoms with Crippen LogP contribution in [0.1, 0.15) is 26.7 Å². The van der Waals surface area contributed by atoms with Gasteiger partial charge in [-0.2, -0.15) is 0 Å². The Morgan fingerprint density at radius 3 is 2.44 bits per heavy atom. The maximum absolute atomic E-state index is 12.0. The quantitative estimate of drug-likeness (QED) is 0.801. The van der Waals surface area contributed by atoms with Gasteiger partial charge >= 0.3 is 0 Å². The number of carbonyl (C=O) groups excluding carboxylic acids is 1. The second-order valence-corrected chi connectivity index (χ2v) is 6.39. The predicted molar refractivity (Wildman–Crippen MR) is 68.6 cm³/mol. The first kappa shape index (κ1) is 12.4. The average molecular weight is 289 g/mol. The van der Waals surface area contributed by atoms with Gasteiger partial charge in [0.05, 0.1) is 4.83 Å². The maximum Gasteiger partial charge on any atom is 0.234 e. The van der Waals surface area contributed by atoms with Crippen molar-refractivity contribution in [3.8, 4) is 0 Å². The van der Waals surface area contributed by atoms with Crippen LogP contribution in [0.5, 0.6) is 0 Å². The van der Waals surface area contributed by atoms with Gasteiger partial charge in [0.2, 0.25) is 5.91 Å². The van der Waals surface area contributed by atoms with Crippen molar-refractivity contribution < 1.29 is 4.79 Å². The number of hydrogen-bond acceptors (Lipinski definition) is 2. The highest BCUT2D eigenvalue weighted by Crippen LogP contribution is 2.27. The fraction of sp³-hybridized carbons (Fsp3) is 0.917. The Kier molecular flexibility index (Phi) is 3.90. The van der Waals surface area contributed by atoms with Crippen molar-refractivity contribution in [2.24, 2.45) is 11.8 Å². The molecule has 3 rings (SSSR count). The van der Waals surface area contributed by atoms with E-state index in [-0.39, 0.29) is 10.7 Å². The second-order valence-electron chi connectivity index (χ2n) is 5.40. The Balaban J connectivity index is 1.88. The van der Waals surface area contributed by atoms with Gasteiger partial charge in [0.1, 0.15) is 0 Å². The molecule has 2 unspecified atom stereocenters. The normalized spacial score (nSPS) is 35.1. The number of piperidine rings is 3. The van der Waals surface area contributed by atoms with E-state index in [0.717, 1.165) is 6.54 Å². The third-order valence-electron chi connectivity index (χ3n) is 3.82. The van der Waals surface area contributed by atoms with Crippen molar-refractivity contribution in [3.63, 3.8) is 0 Å². The summed E-state index contributed by atoms with van der Waals surface area (Å²) in [6.07, 6.45) is 2.50. The molecule has 4 heteroatoms. The van der Waals surface area contributed by atoms with Crippen LogP contribution in [0.3, 0.4) is 0 Å². The Labute approximate surface area is 106 Å². The van der Waals surface area contributed by atoms with Gasteiger partial charge in [-0.15, -0.1) is 0 Å². The lowest BCUT2D eigenvalue weighted by atomic mass is 9.84. The molecule has 92 valence electrons. The van der Waals surface area contributed by atoms with E-state index in [9.17, 15) is 4.79 Å². The van der Waals surface area contributed by atoms with Gasteiger partial charge in [-0.25, -0.2) is 0 Å². The van der Waals surface area contributed by atoms with E-state index < -0.39 is 0 Å². The van der Waals surface area contributed by atoms with E-state index in [1.54, 1.807) is 0 Å². The van der Waals surface area contributed by atoms with Crippen LogP contribution in [0.25, 0.3) is 0 Å². The van der Waals surface area contributed by atoms with E-state index in [2.05, 4.69) is 40.0 Å². The Morgan fingerprint density at radius 2 is 2.00 bits per heavy atom. The summed E-state index contributed by atoms with van der Waals surface area (Å²) in [6.45, 7) is 7.62. The minimum atomic E-state index is -0.0528. The van der Waals surface area contributed by atoms with E-state index in [1.165, 1.54) is 25.9 Å². The van der Waals surface area contributed by atoms with Gasteiger partial charge in [0, 0.05) is 12.6 Å². The molecule has 1 N–H and O–H groups in total. The van der Waals surface area contributed by atoms with Crippen LogP contribution in [0.15, 0.2) is 0 Å². The van der Waals surface area contributed by atoms with Crippen LogP contribution in [-0.4, -0.2) is 41.3 Å². The fourth-order valence-corrected chi connectivity index (χ4v) is 2.83. The lowest BCUT2D eigenvalue weighted by molar-refractivity contribution is -0.123. The molecular formula is C12H21BrN2O. The third-order valence-corrected chi connectivity index (χ3v) is 5.29. The third kappa shape index (κ3) is 2.59. The van der Waals surface area contributed by atoms with Gasteiger partial charge < -0.3 is 10.2 Å². The lowest BCUT2D eigenvalue weighted by Crippen LogP contribution is -2.58. The molecule has 3 aliphatic heterocycles. The number of fused-ring (bicyclic) bond motifs is 3. The monoisotopic (exact) mass is 288 g/mol. The van der Waals surface area contributed by atoms with Gasteiger partial charge in [-0.3, -0.25) is 4.79 Å². The number of halogens is 1. The molecule has 3 fully saturated rings. The summed E-state index contributed by atoms with van der Waals surface area (Å²) in [6, 6.07) is 0.383. The highest BCUT2D eigenvalue weighted by Gasteiger charge is 2.35. The zero-order chi connectivity index (χ0) is 11.7. The Morgan fingerprint density at radius 1 is 1.38 bits per heavy atom. The molecule has 1 amide bonds. The standard InChI is InChI=1S/C12H21BrN2O/c1-8(2)11(13)12(16)14-10-7-15-5-3-9(10)4-6-15/h8-11H,3-7H2,1-2H3,(H,14,16). The van der Waals surface area contributed by atoms with Crippen LogP contribution >= 0.6 is 15.9 Å². The number of carbonyl (C=O) groups is 1. The van der Waals surface area contributed by atoms with E-state index in [0.29, 0.717) is 17.9 Å². The summed E-state index contributed by atoms with van der Waals surface area (Å²) >= 11 is 3.46. The molecule has 3 aliphatic rings. The average Bonchev–Trinajstić information content (AvgIpc) is 2.29. The molecule has 0 aliphatic carbocycles. The maximum atomic E-state index is 12.0. The van der Waals surface area contributed by atoms with Crippen molar-refractivity contribution in [3.05, 3.63) is 0 Å². The fourth-order valence-electron chi connectivity index (χ4n) is 2.69. The molecule has 0 aromatic carbocycles. The van der Waals surface area contributed by atoms with Crippen molar-refractivity contribution in [1.29, 1.82) is 0 Å². The molecule has 3 nitrogen and oxygen atoms in total. The molecular weight excluding hydrogens is 268 g/mol. The van der Waals surface area contributed by atoms with Crippen molar-refractivity contribution in [2.45, 2.75) is 37.6 Å². The summed E-state index contributed by atoms with van der Waals surface area (Å²) < 4.78 is 0. The van der Waals surface area contributed by atoms with Gasteiger partial charge in [0.25, 0.3) is 0 Å². The summed E-state index contributed by atoms with van der Waals surface area (Å²) in [7, 11) is 0. The number of alkyl halides is 1. The summed E-state index contributed by atoms with van der Waals surface area (Å²) in [5.74, 6) is 1.22. The molecule has 0 radical (unpaired) electrons. The Bertz CT molecular complexity index is 262. The first-order valence-corrected chi connectivity index (χ1v) is 7.16. The van der Waals surface area contributed by atoms with Crippen LogP contribution in [0.2, 0.25) is 0 Å². The SMILES string of the molecule is CC(C)C(Br)C(=O)NC1CN2CCC1CC2. The lowest BCUT2D eigenvalue weighted by Gasteiger charge is -2.45. The minimum Gasteiger partial charge on any atom is -0.351 e. The smallest absolute Gasteiger partial charge is 0.234 e. The molecule has 3 heterocycles. The van der Waals surface area contributed by atoms with Gasteiger partial charge in [-0.05, 0) is 37.8 Å². The van der Waals surface area contributed by atoms with Gasteiger partial charge in [0.15, 0.2) is 0 Å². The van der Waals surface area contributed by atoms with Gasteiger partial charge in [-0.1, -0.05) is 29.8 Å². The first-order chi connectivity index (χ1) is 7.58. The number of nitrogens with zero attached hydrogens (tertiary/aromatic N) is 1. The van der Waals surface area contributed by atoms with Crippen LogP contribution < -0.4 is 5.32 Å². The van der Waals surface area contributed by atoms with Crippen molar-refractivity contribution in [2.75, 3.05) is 19.6 Å². The summed E-state index contributed by atoms with van der Waals surface area (Å²) in [4.78, 5) is 14.4. The largest absolute Gasteiger partial charge is 0.351 e. The molecule has 2 bridgehead atoms. The Hall–Kier alpha value is -0.0900. The topological polar surface area (TPSA) is 32.3 Å². The van der Waals surface area contributed by atoms with Crippen molar-refractivity contribution >= 4 is 21.8 Å². The van der Waals surface area contributed by atoms with Crippen LogP contribution in [0.4, 0.5) is 0 Å². The zero-order valence-electron chi connectivity index (χ0n) is 10.1. The number of nitrogens with one attached hydrogen (secondary N) is 1. The molecule has 2 atom stereocenters. The molecule has 0 saturated carbocycles. The van der Waals surface area contributed by atoms with E-state index in [4.69, 9.17) is 0 Å². The molecule has 0 aromatic heterocycles. The first-order valence-electron chi connectivity index (χ1n) is 6.24. The second kappa shape index (κ2) is 5.05. The van der Waals surface area contributed by atoms with Crippen LogP contribution in [-0.2, 0) is 4.79 Å². The van der Waals surface area contributed by atoms with Crippen LogP contribution in [0, 0.1) is 11.8 Å². The summed E-state index contributed by atoms with van der Waals surface area (Å²) in [5, 5.41) is 3.20. The van der Waals surface area contributed by atoms with Crippen molar-refractivity contribution in [1.82, 2.24) is 10.2 Å². The number of hydrogen-bond donors (Lipinski definition) is 1. The molecule has 0 aromatic rings. The zero-order valence-corrected chi connectivity index (χ0v) is 11.7. The van der Waals surface area contributed by atoms with E-state index in [1.807, 2.05) is 0 Å². The summed E-state index contributed by atoms with van der Waals surface area (Å²) in [5.41, 5.74) is 0. The number of rotatable bonds is 3. The van der Waals surface area contributed by atoms with E-state index >= 15 is 0 Å². The minimum absolute atomic E-state index is 0.0528. The predicted octanol–water partition coefficient (Wildman–Crippen LogP) is 1.62.